The van der Waals surface area contributed by atoms with E-state index in [-0.39, 0.29) is 23.7 Å². The number of hydrogen-bond donors (Lipinski definition) is 2. The first-order valence-electron chi connectivity index (χ1n) is 10.1. The van der Waals surface area contributed by atoms with Crippen molar-refractivity contribution in [3.63, 3.8) is 0 Å². The van der Waals surface area contributed by atoms with Gasteiger partial charge >= 0.3 is 0 Å². The molecule has 160 valence electrons. The Balaban J connectivity index is 1.48. The third-order valence-corrected chi connectivity index (χ3v) is 5.19. The Bertz CT molecular complexity index is 914. The van der Waals surface area contributed by atoms with Crippen LogP contribution in [-0.4, -0.2) is 45.2 Å². The first-order valence-corrected chi connectivity index (χ1v) is 10.1. The Morgan fingerprint density at radius 1 is 1.20 bits per heavy atom. The van der Waals surface area contributed by atoms with E-state index in [2.05, 4.69) is 29.5 Å². The van der Waals surface area contributed by atoms with Crippen LogP contribution in [0.3, 0.4) is 0 Å². The van der Waals surface area contributed by atoms with Crippen LogP contribution in [0, 0.1) is 5.82 Å². The minimum atomic E-state index is -0.260. The molecule has 6 nitrogen and oxygen atoms in total. The van der Waals surface area contributed by atoms with E-state index in [1.807, 2.05) is 30.3 Å². The molecule has 1 heterocycles. The van der Waals surface area contributed by atoms with E-state index in [4.69, 9.17) is 4.74 Å². The molecule has 2 aromatic carbocycles. The van der Waals surface area contributed by atoms with Crippen LogP contribution < -0.4 is 20.3 Å². The Morgan fingerprint density at radius 3 is 2.77 bits per heavy atom. The van der Waals surface area contributed by atoms with Crippen LogP contribution in [-0.2, 0) is 10.2 Å². The van der Waals surface area contributed by atoms with Gasteiger partial charge in [0.2, 0.25) is 0 Å². The Labute approximate surface area is 177 Å². The van der Waals surface area contributed by atoms with Crippen LogP contribution in [0.1, 0.15) is 25.8 Å². The molecule has 0 radical (unpaired) electrons. The average Bonchev–Trinajstić information content (AvgIpc) is 2.74. The summed E-state index contributed by atoms with van der Waals surface area (Å²) in [6, 6.07) is 14.2. The first kappa shape index (κ1) is 21.6. The highest BCUT2D eigenvalue weighted by Gasteiger charge is 2.24. The minimum Gasteiger partial charge on any atom is -0.482 e. The molecule has 2 aromatic rings. The highest BCUT2D eigenvalue weighted by molar-refractivity contribution is 5.97. The maximum atomic E-state index is 13.5. The largest absolute Gasteiger partial charge is 0.482 e. The van der Waals surface area contributed by atoms with Gasteiger partial charge < -0.3 is 20.3 Å². The molecule has 0 atom stereocenters. The lowest BCUT2D eigenvalue weighted by atomic mass is 9.84. The fraction of sp³-hybridized carbons (Fsp3) is 0.391. The monoisotopic (exact) mass is 412 g/mol. The molecule has 0 saturated carbocycles. The van der Waals surface area contributed by atoms with Gasteiger partial charge in [-0.1, -0.05) is 38.1 Å². The van der Waals surface area contributed by atoms with Gasteiger partial charge in [-0.2, -0.15) is 0 Å². The van der Waals surface area contributed by atoms with Crippen molar-refractivity contribution in [2.45, 2.75) is 25.7 Å². The lowest BCUT2D eigenvalue weighted by molar-refractivity contribution is -0.121. The number of aliphatic imine (C=N–C) groups is 1. The molecule has 3 rings (SSSR count). The van der Waals surface area contributed by atoms with E-state index in [1.54, 1.807) is 24.1 Å². The average molecular weight is 413 g/mol. The second-order valence-corrected chi connectivity index (χ2v) is 7.90. The van der Waals surface area contributed by atoms with Gasteiger partial charge in [0.05, 0.1) is 5.69 Å². The molecule has 1 aliphatic rings. The summed E-state index contributed by atoms with van der Waals surface area (Å²) in [6.45, 7) is 6.05. The van der Waals surface area contributed by atoms with Gasteiger partial charge in [-0.05, 0) is 36.2 Å². The summed E-state index contributed by atoms with van der Waals surface area (Å²) in [5.74, 6) is 1.14. The number of hydrogen-bond acceptors (Lipinski definition) is 3. The smallest absolute Gasteiger partial charge is 0.265 e. The number of rotatable bonds is 7. The van der Waals surface area contributed by atoms with E-state index in [1.165, 1.54) is 6.07 Å². The number of anilines is 1. The van der Waals surface area contributed by atoms with Gasteiger partial charge in [-0.25, -0.2) is 4.39 Å². The zero-order valence-electron chi connectivity index (χ0n) is 17.7. The van der Waals surface area contributed by atoms with Crippen LogP contribution >= 0.6 is 0 Å². The summed E-state index contributed by atoms with van der Waals surface area (Å²) in [5.41, 5.74) is 1.48. The zero-order chi connectivity index (χ0) is 21.6. The number of fused-ring (bicyclic) bond motifs is 1. The quantitative estimate of drug-likeness (QED) is 0.417. The molecule has 0 aromatic heterocycles. The van der Waals surface area contributed by atoms with Crippen molar-refractivity contribution < 1.29 is 13.9 Å². The number of ether oxygens (including phenoxy) is 1. The number of amides is 1. The van der Waals surface area contributed by atoms with Gasteiger partial charge in [0.15, 0.2) is 12.6 Å². The fourth-order valence-electron chi connectivity index (χ4n) is 3.38. The second kappa shape index (κ2) is 9.61. The molecule has 0 fully saturated rings. The summed E-state index contributed by atoms with van der Waals surface area (Å²) in [4.78, 5) is 18.3. The van der Waals surface area contributed by atoms with E-state index in [0.29, 0.717) is 25.6 Å². The summed E-state index contributed by atoms with van der Waals surface area (Å²) in [7, 11) is 1.71. The fourth-order valence-corrected chi connectivity index (χ4v) is 3.38. The van der Waals surface area contributed by atoms with Crippen LogP contribution in [0.4, 0.5) is 10.1 Å². The molecule has 0 spiro atoms. The van der Waals surface area contributed by atoms with Crippen LogP contribution in [0.15, 0.2) is 53.5 Å². The van der Waals surface area contributed by atoms with E-state index < -0.39 is 0 Å². The number of halogens is 1. The van der Waals surface area contributed by atoms with Crippen LogP contribution in [0.5, 0.6) is 5.75 Å². The summed E-state index contributed by atoms with van der Waals surface area (Å²) < 4.78 is 19.0. The molecule has 0 bridgehead atoms. The van der Waals surface area contributed by atoms with Gasteiger partial charge in [-0.3, -0.25) is 9.79 Å². The predicted molar refractivity (Wildman–Crippen MR) is 118 cm³/mol. The number of nitrogens with zero attached hydrogens (tertiary/aromatic N) is 2. The van der Waals surface area contributed by atoms with Crippen LogP contribution in [0.2, 0.25) is 0 Å². The van der Waals surface area contributed by atoms with Gasteiger partial charge in [0, 0.05) is 32.1 Å². The molecule has 30 heavy (non-hydrogen) atoms. The highest BCUT2D eigenvalue weighted by atomic mass is 19.1. The van der Waals surface area contributed by atoms with Crippen molar-refractivity contribution in [3.8, 4) is 5.75 Å². The maximum Gasteiger partial charge on any atom is 0.265 e. The maximum absolute atomic E-state index is 13.5. The summed E-state index contributed by atoms with van der Waals surface area (Å²) in [5, 5.41) is 6.59. The number of benzene rings is 2. The lowest BCUT2D eigenvalue weighted by Crippen LogP contribution is -2.45. The van der Waals surface area contributed by atoms with Crippen LogP contribution in [0.25, 0.3) is 0 Å². The van der Waals surface area contributed by atoms with E-state index in [9.17, 15) is 9.18 Å². The number of para-hydroxylation sites is 2. The van der Waals surface area contributed by atoms with Crippen molar-refractivity contribution in [1.82, 2.24) is 10.6 Å². The normalized spacial score (nSPS) is 14.2. The number of guanidine groups is 1. The van der Waals surface area contributed by atoms with E-state index in [0.717, 1.165) is 23.4 Å². The first-order chi connectivity index (χ1) is 14.4. The van der Waals surface area contributed by atoms with Crippen molar-refractivity contribution in [2.75, 3.05) is 38.2 Å². The number of carbonyl (C=O) groups excluding carboxylic acids is 1. The van der Waals surface area contributed by atoms with Crippen molar-refractivity contribution in [3.05, 3.63) is 59.9 Å². The molecule has 1 aliphatic heterocycles. The lowest BCUT2D eigenvalue weighted by Gasteiger charge is -2.29. The number of nitrogens with one attached hydrogen (secondary N) is 2. The van der Waals surface area contributed by atoms with Gasteiger partial charge in [0.25, 0.3) is 5.91 Å². The van der Waals surface area contributed by atoms with Gasteiger partial charge in [-0.15, -0.1) is 0 Å². The molecule has 0 aliphatic carbocycles. The van der Waals surface area contributed by atoms with Gasteiger partial charge in [0.1, 0.15) is 11.6 Å². The predicted octanol–water partition coefficient (Wildman–Crippen LogP) is 3.08. The third-order valence-electron chi connectivity index (χ3n) is 5.19. The van der Waals surface area contributed by atoms with Crippen molar-refractivity contribution in [1.29, 1.82) is 0 Å². The molecule has 1 amide bonds. The highest BCUT2D eigenvalue weighted by Crippen LogP contribution is 2.31. The molecular formula is C23H29FN4O2. The SMILES string of the molecule is CN=C(NCCCN1C(=O)COc2ccccc21)NCC(C)(C)c1cccc(F)c1. The number of carbonyl (C=O) groups is 1. The minimum absolute atomic E-state index is 0.0342. The third kappa shape index (κ3) is 5.28. The molecule has 7 heteroatoms. The summed E-state index contributed by atoms with van der Waals surface area (Å²) >= 11 is 0. The second-order valence-electron chi connectivity index (χ2n) is 7.90. The summed E-state index contributed by atoms with van der Waals surface area (Å²) in [6.07, 6.45) is 0.758. The molecule has 2 N–H and O–H groups in total. The van der Waals surface area contributed by atoms with E-state index >= 15 is 0 Å². The van der Waals surface area contributed by atoms with Crippen molar-refractivity contribution in [2.24, 2.45) is 4.99 Å². The topological polar surface area (TPSA) is 66.0 Å². The molecular weight excluding hydrogens is 383 g/mol. The Kier molecular flexibility index (Phi) is 6.92. The Hall–Kier alpha value is -3.09. The van der Waals surface area contributed by atoms with Crippen molar-refractivity contribution >= 4 is 17.6 Å². The standard InChI is InChI=1S/C23H29FN4O2/c1-23(2,17-8-6-9-18(24)14-17)16-27-22(25-3)26-12-7-13-28-19-10-4-5-11-20(19)30-15-21(28)29/h4-6,8-11,14H,7,12-13,15-16H2,1-3H3,(H2,25,26,27). The molecule has 0 unspecified atom stereocenters. The zero-order valence-corrected chi connectivity index (χ0v) is 17.7. The Morgan fingerprint density at radius 2 is 2.00 bits per heavy atom. The molecule has 0 saturated heterocycles.